The number of hydrogen-bond donors (Lipinski definition) is 1. The zero-order valence-electron chi connectivity index (χ0n) is 19.9. The van der Waals surface area contributed by atoms with Gasteiger partial charge in [-0.2, -0.15) is 0 Å². The summed E-state index contributed by atoms with van der Waals surface area (Å²) in [6, 6.07) is 9.07. The van der Waals surface area contributed by atoms with Crippen LogP contribution < -0.4 is 5.32 Å². The fraction of sp³-hybridized carbons (Fsp3) is 0.615. The number of ether oxygens (including phenoxy) is 1. The number of nitrogens with zero attached hydrogens (tertiary/aromatic N) is 3. The van der Waals surface area contributed by atoms with Gasteiger partial charge in [-0.3, -0.25) is 4.90 Å². The number of hydrogen-bond acceptors (Lipinski definition) is 5. The Morgan fingerprint density at radius 2 is 1.67 bits per heavy atom. The van der Waals surface area contributed by atoms with Gasteiger partial charge in [-0.1, -0.05) is 11.6 Å². The minimum atomic E-state index is -0.335. The fourth-order valence-corrected chi connectivity index (χ4v) is 6.72. The van der Waals surface area contributed by atoms with E-state index in [2.05, 4.69) is 48.1 Å². The molecule has 7 heteroatoms. The Labute approximate surface area is 201 Å². The van der Waals surface area contributed by atoms with Gasteiger partial charge in [0.2, 0.25) is 0 Å². The summed E-state index contributed by atoms with van der Waals surface area (Å²) in [5.74, 6) is 1.89. The van der Waals surface area contributed by atoms with Crippen LogP contribution in [0.4, 0.5) is 10.2 Å². The maximum atomic E-state index is 13.6. The van der Waals surface area contributed by atoms with Crippen molar-refractivity contribution in [2.75, 3.05) is 18.4 Å². The van der Waals surface area contributed by atoms with Gasteiger partial charge in [0, 0.05) is 30.7 Å². The Hall–Kier alpha value is -1.76. The van der Waals surface area contributed by atoms with Crippen molar-refractivity contribution in [3.8, 4) is 11.3 Å². The summed E-state index contributed by atoms with van der Waals surface area (Å²) in [6.07, 6.45) is 4.54. The minimum Gasteiger partial charge on any atom is -0.370 e. The first-order valence-corrected chi connectivity index (χ1v) is 12.4. The van der Waals surface area contributed by atoms with Crippen LogP contribution in [0.1, 0.15) is 53.4 Å². The number of aromatic nitrogens is 2. The lowest BCUT2D eigenvalue weighted by Crippen LogP contribution is -2.52. The van der Waals surface area contributed by atoms with Gasteiger partial charge in [0.15, 0.2) is 0 Å². The summed E-state index contributed by atoms with van der Waals surface area (Å²) in [7, 11) is 0. The molecule has 1 aromatic heterocycles. The molecule has 0 spiro atoms. The Morgan fingerprint density at radius 3 is 2.27 bits per heavy atom. The first kappa shape index (κ1) is 23.0. The highest BCUT2D eigenvalue weighted by atomic mass is 35.5. The van der Waals surface area contributed by atoms with E-state index in [-0.39, 0.29) is 17.0 Å². The average molecular weight is 473 g/mol. The third-order valence-electron chi connectivity index (χ3n) is 7.52. The third-order valence-corrected chi connectivity index (χ3v) is 7.85. The highest BCUT2D eigenvalue weighted by Gasteiger charge is 2.47. The van der Waals surface area contributed by atoms with Gasteiger partial charge in [0.1, 0.15) is 11.6 Å². The Morgan fingerprint density at radius 1 is 1.00 bits per heavy atom. The quantitative estimate of drug-likeness (QED) is 0.609. The first-order chi connectivity index (χ1) is 15.6. The van der Waals surface area contributed by atoms with Gasteiger partial charge in [0.25, 0.3) is 0 Å². The Balaban J connectivity index is 1.18. The van der Waals surface area contributed by atoms with Crippen LogP contribution in [-0.2, 0) is 4.74 Å². The molecule has 3 fully saturated rings. The van der Waals surface area contributed by atoms with E-state index in [1.807, 2.05) is 12.1 Å². The van der Waals surface area contributed by atoms with Gasteiger partial charge in [-0.25, -0.2) is 4.39 Å². The lowest BCUT2D eigenvalue weighted by molar-refractivity contribution is -0.176. The van der Waals surface area contributed by atoms with Gasteiger partial charge in [-0.15, -0.1) is 10.2 Å². The maximum Gasteiger partial charge on any atom is 0.148 e. The monoisotopic (exact) mass is 472 g/mol. The summed E-state index contributed by atoms with van der Waals surface area (Å²) in [6.45, 7) is 11.3. The van der Waals surface area contributed by atoms with Crippen LogP contribution in [0, 0.1) is 17.7 Å². The van der Waals surface area contributed by atoms with Crippen LogP contribution in [0.25, 0.3) is 11.3 Å². The van der Waals surface area contributed by atoms with Gasteiger partial charge in [-0.05, 0) is 95.5 Å². The van der Waals surface area contributed by atoms with E-state index in [9.17, 15) is 4.39 Å². The number of benzene rings is 1. The van der Waals surface area contributed by atoms with Crippen molar-refractivity contribution in [3.63, 3.8) is 0 Å². The molecule has 5 rings (SSSR count). The molecule has 33 heavy (non-hydrogen) atoms. The van der Waals surface area contributed by atoms with Crippen LogP contribution in [0.2, 0.25) is 5.02 Å². The predicted octanol–water partition coefficient (Wildman–Crippen LogP) is 5.79. The lowest BCUT2D eigenvalue weighted by atomic mass is 9.84. The zero-order valence-corrected chi connectivity index (χ0v) is 20.7. The molecule has 0 amide bonds. The summed E-state index contributed by atoms with van der Waals surface area (Å²) < 4.78 is 19.9. The molecule has 1 N–H and O–H groups in total. The topological polar surface area (TPSA) is 50.3 Å². The van der Waals surface area contributed by atoms with Crippen molar-refractivity contribution in [1.29, 1.82) is 0 Å². The molecule has 1 aromatic carbocycles. The summed E-state index contributed by atoms with van der Waals surface area (Å²) in [4.78, 5) is 2.73. The highest BCUT2D eigenvalue weighted by molar-refractivity contribution is 6.33. The molecule has 1 aliphatic carbocycles. The second kappa shape index (κ2) is 8.47. The summed E-state index contributed by atoms with van der Waals surface area (Å²) in [5.41, 5.74) is 1.01. The molecule has 3 atom stereocenters. The average Bonchev–Trinajstić information content (AvgIpc) is 3.27. The SMILES string of the molecule is CC1(C)CC(N2C[C@H]3C[C@H](Nc4ccc(-c5cc(F)ccc5Cl)nn4)C[C@H]3C2)CC(C)(C)O1. The van der Waals surface area contributed by atoms with E-state index in [4.69, 9.17) is 16.3 Å². The third kappa shape index (κ3) is 5.03. The van der Waals surface area contributed by atoms with Gasteiger partial charge < -0.3 is 10.1 Å². The summed E-state index contributed by atoms with van der Waals surface area (Å²) >= 11 is 6.20. The van der Waals surface area contributed by atoms with E-state index in [0.717, 1.165) is 43.3 Å². The molecule has 3 heterocycles. The minimum absolute atomic E-state index is 0.0607. The molecule has 2 aromatic rings. The molecule has 0 bridgehead atoms. The molecule has 0 radical (unpaired) electrons. The highest BCUT2D eigenvalue weighted by Crippen LogP contribution is 2.44. The van der Waals surface area contributed by atoms with Crippen molar-refractivity contribution in [2.24, 2.45) is 11.8 Å². The molecule has 1 saturated carbocycles. The standard InChI is InChI=1S/C26H34ClFN4O/c1-25(2)12-20(13-26(3,4)33-25)32-14-16-9-19(10-17(16)15-32)29-24-8-7-23(30-31-24)21-11-18(28)5-6-22(21)27/h5-8,11,16-17,19-20H,9-10,12-15H2,1-4H3,(H,29,31)/t16-,17+,19+. The lowest BCUT2D eigenvalue weighted by Gasteiger charge is -2.48. The van der Waals surface area contributed by atoms with Crippen LogP contribution in [0.5, 0.6) is 0 Å². The van der Waals surface area contributed by atoms with Crippen molar-refractivity contribution < 1.29 is 9.13 Å². The number of likely N-dealkylation sites (tertiary alicyclic amines) is 1. The van der Waals surface area contributed by atoms with Crippen molar-refractivity contribution in [1.82, 2.24) is 15.1 Å². The molecule has 0 unspecified atom stereocenters. The molecular formula is C26H34ClFN4O. The largest absolute Gasteiger partial charge is 0.370 e. The van der Waals surface area contributed by atoms with Crippen LogP contribution in [0.15, 0.2) is 30.3 Å². The van der Waals surface area contributed by atoms with Crippen LogP contribution >= 0.6 is 11.6 Å². The molecule has 5 nitrogen and oxygen atoms in total. The Bertz CT molecular complexity index is 982. The second-order valence-electron chi connectivity index (χ2n) is 11.4. The molecule has 2 aliphatic heterocycles. The second-order valence-corrected chi connectivity index (χ2v) is 11.8. The summed E-state index contributed by atoms with van der Waals surface area (Å²) in [5, 5.41) is 12.7. The number of fused-ring (bicyclic) bond motifs is 1. The fourth-order valence-electron chi connectivity index (χ4n) is 6.50. The molecular weight excluding hydrogens is 439 g/mol. The smallest absolute Gasteiger partial charge is 0.148 e. The number of anilines is 1. The molecule has 3 aliphatic rings. The first-order valence-electron chi connectivity index (χ1n) is 12.1. The zero-order chi connectivity index (χ0) is 23.4. The van der Waals surface area contributed by atoms with E-state index in [1.165, 1.54) is 25.2 Å². The van der Waals surface area contributed by atoms with Crippen molar-refractivity contribution >= 4 is 17.4 Å². The van der Waals surface area contributed by atoms with Crippen LogP contribution in [0.3, 0.4) is 0 Å². The van der Waals surface area contributed by atoms with E-state index < -0.39 is 0 Å². The Kier molecular flexibility index (Phi) is 5.91. The molecule has 2 saturated heterocycles. The van der Waals surface area contributed by atoms with E-state index in [1.54, 1.807) is 6.07 Å². The maximum absolute atomic E-state index is 13.6. The van der Waals surface area contributed by atoms with E-state index >= 15 is 0 Å². The number of rotatable bonds is 4. The predicted molar refractivity (Wildman–Crippen MR) is 130 cm³/mol. The van der Waals surface area contributed by atoms with E-state index in [0.29, 0.717) is 28.4 Å². The van der Waals surface area contributed by atoms with Crippen LogP contribution in [-0.4, -0.2) is 51.5 Å². The normalized spacial score (nSPS) is 29.2. The van der Waals surface area contributed by atoms with Crippen molar-refractivity contribution in [2.45, 2.75) is 76.7 Å². The number of nitrogens with one attached hydrogen (secondary N) is 1. The molecule has 178 valence electrons. The number of halogens is 2. The van der Waals surface area contributed by atoms with Gasteiger partial charge in [0.05, 0.1) is 21.9 Å². The van der Waals surface area contributed by atoms with Gasteiger partial charge >= 0.3 is 0 Å². The van der Waals surface area contributed by atoms with Crippen molar-refractivity contribution in [3.05, 3.63) is 41.2 Å².